The summed E-state index contributed by atoms with van der Waals surface area (Å²) in [5.74, 6) is 0.886. The summed E-state index contributed by atoms with van der Waals surface area (Å²) in [6, 6.07) is 3.60. The van der Waals surface area contributed by atoms with Gasteiger partial charge in [-0.2, -0.15) is 5.10 Å². The molecule has 15 heavy (non-hydrogen) atoms. The summed E-state index contributed by atoms with van der Waals surface area (Å²) >= 11 is 0. The molecule has 0 amide bonds. The second-order valence-electron chi connectivity index (χ2n) is 2.97. The molecule has 3 aromatic heterocycles. The number of rotatable bonds is 1. The predicted octanol–water partition coefficient (Wildman–Crippen LogP) is -0.108. The van der Waals surface area contributed by atoms with Crippen LogP contribution in [0.3, 0.4) is 0 Å². The van der Waals surface area contributed by atoms with E-state index in [1.54, 1.807) is 23.0 Å². The van der Waals surface area contributed by atoms with Crippen LogP contribution in [0.25, 0.3) is 11.5 Å². The largest absolute Gasteiger partial charge is 0.366 e. The standard InChI is InChI=1S/C8H7N7/c9-8-10-5-15(13-8)7-2-4-14-6(12-7)1-3-11-14/h1-5H,(H2,9,13). The molecule has 0 saturated carbocycles. The monoisotopic (exact) mass is 201 g/mol. The topological polar surface area (TPSA) is 86.9 Å². The summed E-state index contributed by atoms with van der Waals surface area (Å²) in [7, 11) is 0. The third-order valence-electron chi connectivity index (χ3n) is 1.99. The van der Waals surface area contributed by atoms with Gasteiger partial charge in [-0.3, -0.25) is 0 Å². The Morgan fingerprint density at radius 1 is 1.27 bits per heavy atom. The molecule has 0 unspecified atom stereocenters. The molecular weight excluding hydrogens is 194 g/mol. The number of nitrogens with two attached hydrogens (primary N) is 1. The second-order valence-corrected chi connectivity index (χ2v) is 2.97. The summed E-state index contributed by atoms with van der Waals surface area (Å²) in [6.07, 6.45) is 5.00. The van der Waals surface area contributed by atoms with Gasteiger partial charge in [0.2, 0.25) is 5.95 Å². The first-order valence-electron chi connectivity index (χ1n) is 4.31. The van der Waals surface area contributed by atoms with E-state index in [1.165, 1.54) is 11.0 Å². The number of fused-ring (bicyclic) bond motifs is 1. The number of nitrogen functional groups attached to an aromatic ring is 1. The maximum Gasteiger partial charge on any atom is 0.239 e. The number of hydrogen-bond donors (Lipinski definition) is 1. The van der Waals surface area contributed by atoms with E-state index in [2.05, 4.69) is 20.2 Å². The molecular formula is C8H7N7. The molecule has 0 fully saturated rings. The zero-order valence-electron chi connectivity index (χ0n) is 7.65. The van der Waals surface area contributed by atoms with Crippen LogP contribution in [0.4, 0.5) is 5.95 Å². The Bertz CT molecular complexity index is 608. The zero-order valence-corrected chi connectivity index (χ0v) is 7.65. The fourth-order valence-electron chi connectivity index (χ4n) is 1.32. The smallest absolute Gasteiger partial charge is 0.239 e. The first kappa shape index (κ1) is 7.92. The van der Waals surface area contributed by atoms with Gasteiger partial charge < -0.3 is 5.73 Å². The normalized spacial score (nSPS) is 10.9. The first-order valence-corrected chi connectivity index (χ1v) is 4.31. The molecule has 0 aliphatic heterocycles. The molecule has 3 rings (SSSR count). The van der Waals surface area contributed by atoms with E-state index in [9.17, 15) is 0 Å². The van der Waals surface area contributed by atoms with Gasteiger partial charge >= 0.3 is 0 Å². The van der Waals surface area contributed by atoms with E-state index in [0.717, 1.165) is 5.65 Å². The highest BCUT2D eigenvalue weighted by atomic mass is 15.4. The first-order chi connectivity index (χ1) is 7.33. The highest BCUT2D eigenvalue weighted by molar-refractivity contribution is 5.40. The van der Waals surface area contributed by atoms with Gasteiger partial charge in [0, 0.05) is 18.3 Å². The molecule has 0 aromatic carbocycles. The van der Waals surface area contributed by atoms with Crippen LogP contribution < -0.4 is 5.73 Å². The van der Waals surface area contributed by atoms with Crippen molar-refractivity contribution in [3.05, 3.63) is 30.9 Å². The van der Waals surface area contributed by atoms with Crippen molar-refractivity contribution in [3.63, 3.8) is 0 Å². The molecule has 2 N–H and O–H groups in total. The van der Waals surface area contributed by atoms with E-state index in [-0.39, 0.29) is 5.95 Å². The van der Waals surface area contributed by atoms with Gasteiger partial charge in [-0.1, -0.05) is 0 Å². The molecule has 7 heteroatoms. The van der Waals surface area contributed by atoms with Crippen LogP contribution in [0.1, 0.15) is 0 Å². The minimum Gasteiger partial charge on any atom is -0.366 e. The molecule has 0 aliphatic rings. The molecule has 0 radical (unpaired) electrons. The molecule has 3 heterocycles. The number of aromatic nitrogens is 6. The lowest BCUT2D eigenvalue weighted by atomic mass is 10.5. The molecule has 0 aliphatic carbocycles. The molecule has 7 nitrogen and oxygen atoms in total. The average Bonchev–Trinajstić information content (AvgIpc) is 2.84. The lowest BCUT2D eigenvalue weighted by Crippen LogP contribution is -2.01. The lowest BCUT2D eigenvalue weighted by Gasteiger charge is -1.98. The van der Waals surface area contributed by atoms with Crippen LogP contribution in [0.5, 0.6) is 0 Å². The molecule has 74 valence electrons. The molecule has 0 spiro atoms. The van der Waals surface area contributed by atoms with Crippen molar-refractivity contribution in [1.82, 2.24) is 29.4 Å². The molecule has 0 atom stereocenters. The third kappa shape index (κ3) is 1.21. The maximum absolute atomic E-state index is 5.42. The zero-order chi connectivity index (χ0) is 10.3. The van der Waals surface area contributed by atoms with E-state index in [0.29, 0.717) is 5.82 Å². The summed E-state index contributed by atoms with van der Waals surface area (Å²) in [6.45, 7) is 0. The summed E-state index contributed by atoms with van der Waals surface area (Å²) in [5.41, 5.74) is 6.17. The van der Waals surface area contributed by atoms with Crippen molar-refractivity contribution >= 4 is 11.6 Å². The van der Waals surface area contributed by atoms with Crippen molar-refractivity contribution in [1.29, 1.82) is 0 Å². The predicted molar refractivity (Wildman–Crippen MR) is 52.3 cm³/mol. The Morgan fingerprint density at radius 3 is 3.00 bits per heavy atom. The van der Waals surface area contributed by atoms with E-state index in [1.807, 2.05) is 6.07 Å². The van der Waals surface area contributed by atoms with Crippen LogP contribution in [-0.4, -0.2) is 29.4 Å². The van der Waals surface area contributed by atoms with Gasteiger partial charge in [-0.05, 0) is 0 Å². The van der Waals surface area contributed by atoms with Gasteiger partial charge in [0.1, 0.15) is 6.33 Å². The Kier molecular flexibility index (Phi) is 1.46. The van der Waals surface area contributed by atoms with E-state index >= 15 is 0 Å². The Hall–Kier alpha value is -2.44. The van der Waals surface area contributed by atoms with Gasteiger partial charge in [-0.25, -0.2) is 19.2 Å². The van der Waals surface area contributed by atoms with Gasteiger partial charge in [-0.15, -0.1) is 5.10 Å². The minimum atomic E-state index is 0.227. The molecule has 0 saturated heterocycles. The Balaban J connectivity index is 2.18. The van der Waals surface area contributed by atoms with Gasteiger partial charge in [0.25, 0.3) is 0 Å². The van der Waals surface area contributed by atoms with E-state index < -0.39 is 0 Å². The van der Waals surface area contributed by atoms with Crippen LogP contribution in [0.15, 0.2) is 30.9 Å². The van der Waals surface area contributed by atoms with Crippen molar-refractivity contribution in [2.45, 2.75) is 0 Å². The number of hydrogen-bond acceptors (Lipinski definition) is 5. The van der Waals surface area contributed by atoms with Gasteiger partial charge in [0.05, 0.1) is 6.20 Å². The highest BCUT2D eigenvalue weighted by Gasteiger charge is 2.02. The van der Waals surface area contributed by atoms with Gasteiger partial charge in [0.15, 0.2) is 11.5 Å². The van der Waals surface area contributed by atoms with Crippen molar-refractivity contribution < 1.29 is 0 Å². The summed E-state index contributed by atoms with van der Waals surface area (Å²) in [4.78, 5) is 8.15. The minimum absolute atomic E-state index is 0.227. The summed E-state index contributed by atoms with van der Waals surface area (Å²) in [5, 5.41) is 8.01. The fraction of sp³-hybridized carbons (Fsp3) is 0. The van der Waals surface area contributed by atoms with Crippen molar-refractivity contribution in [2.24, 2.45) is 0 Å². The maximum atomic E-state index is 5.42. The Labute approximate surface area is 84.2 Å². The lowest BCUT2D eigenvalue weighted by molar-refractivity contribution is 0.834. The highest BCUT2D eigenvalue weighted by Crippen LogP contribution is 2.05. The van der Waals surface area contributed by atoms with Crippen LogP contribution in [0.2, 0.25) is 0 Å². The van der Waals surface area contributed by atoms with Crippen LogP contribution in [0, 0.1) is 0 Å². The van der Waals surface area contributed by atoms with Crippen molar-refractivity contribution in [2.75, 3.05) is 5.73 Å². The third-order valence-corrected chi connectivity index (χ3v) is 1.99. The second kappa shape index (κ2) is 2.77. The van der Waals surface area contributed by atoms with Crippen molar-refractivity contribution in [3.8, 4) is 5.82 Å². The number of anilines is 1. The summed E-state index contributed by atoms with van der Waals surface area (Å²) < 4.78 is 3.19. The molecule has 3 aromatic rings. The Morgan fingerprint density at radius 2 is 2.20 bits per heavy atom. The van der Waals surface area contributed by atoms with E-state index in [4.69, 9.17) is 5.73 Å². The molecule has 0 bridgehead atoms. The quantitative estimate of drug-likeness (QED) is 0.593. The fourth-order valence-corrected chi connectivity index (χ4v) is 1.32. The number of nitrogens with zero attached hydrogens (tertiary/aromatic N) is 6. The van der Waals surface area contributed by atoms with Crippen LogP contribution >= 0.6 is 0 Å². The van der Waals surface area contributed by atoms with Crippen LogP contribution in [-0.2, 0) is 0 Å². The average molecular weight is 201 g/mol. The SMILES string of the molecule is Nc1ncn(-c2ccn3nccc3n2)n1.